The molecule has 0 radical (unpaired) electrons. The monoisotopic (exact) mass is 302 g/mol. The first-order valence-electron chi connectivity index (χ1n) is 7.46. The molecule has 1 saturated heterocycles. The van der Waals surface area contributed by atoms with Gasteiger partial charge in [-0.1, -0.05) is 29.5 Å². The Kier molecular flexibility index (Phi) is 4.62. The van der Waals surface area contributed by atoms with E-state index in [0.717, 1.165) is 6.54 Å². The van der Waals surface area contributed by atoms with Gasteiger partial charge in [0.05, 0.1) is 18.0 Å². The first-order chi connectivity index (χ1) is 10.3. The predicted molar refractivity (Wildman–Crippen MR) is 84.8 cm³/mol. The number of hydrogen-bond donors (Lipinski definition) is 2. The van der Waals surface area contributed by atoms with Crippen LogP contribution in [0.15, 0.2) is 36.5 Å². The third-order valence-corrected chi connectivity index (χ3v) is 4.71. The predicted octanol–water partition coefficient (Wildman–Crippen LogP) is 1.96. The lowest BCUT2D eigenvalue weighted by Gasteiger charge is -2.22. The molecule has 0 atom stereocenters. The first-order valence-corrected chi connectivity index (χ1v) is 8.27. The van der Waals surface area contributed by atoms with Gasteiger partial charge in [-0.3, -0.25) is 10.1 Å². The van der Waals surface area contributed by atoms with E-state index in [1.165, 1.54) is 37.2 Å². The zero-order chi connectivity index (χ0) is 14.5. The molecule has 2 aromatic rings. The summed E-state index contributed by atoms with van der Waals surface area (Å²) >= 11 is 1.59. The highest BCUT2D eigenvalue weighted by molar-refractivity contribution is 7.15. The standard InChI is InChI=1S/C16H19N3OS/c20-15(13-7-3-1-4-8-13)18-16-17-11-14(21-16)12-19-9-5-2-6-10-19/h1,3-4,7-8,11H,2,5-6,9-10,12H2,(H,17,18,20)/p+1. The summed E-state index contributed by atoms with van der Waals surface area (Å²) in [5.41, 5.74) is 0.663. The summed E-state index contributed by atoms with van der Waals surface area (Å²) in [5.74, 6) is -0.0955. The second kappa shape index (κ2) is 6.83. The van der Waals surface area contributed by atoms with Crippen molar-refractivity contribution in [2.24, 2.45) is 0 Å². The number of amides is 1. The van der Waals surface area contributed by atoms with Gasteiger partial charge < -0.3 is 4.90 Å². The SMILES string of the molecule is O=C(Nc1ncc(C[NH+]2CCCCC2)s1)c1ccccc1. The molecule has 0 unspecified atom stereocenters. The highest BCUT2D eigenvalue weighted by Crippen LogP contribution is 2.18. The molecule has 1 aromatic carbocycles. The van der Waals surface area contributed by atoms with Crippen LogP contribution in [-0.2, 0) is 6.54 Å². The maximum absolute atomic E-state index is 12.1. The van der Waals surface area contributed by atoms with E-state index in [9.17, 15) is 4.79 Å². The van der Waals surface area contributed by atoms with Gasteiger partial charge in [-0.15, -0.1) is 0 Å². The van der Waals surface area contributed by atoms with Gasteiger partial charge in [-0.25, -0.2) is 4.98 Å². The summed E-state index contributed by atoms with van der Waals surface area (Å²) in [6.07, 6.45) is 5.91. The maximum Gasteiger partial charge on any atom is 0.257 e. The Hall–Kier alpha value is -1.72. The van der Waals surface area contributed by atoms with Gasteiger partial charge in [0, 0.05) is 11.8 Å². The van der Waals surface area contributed by atoms with Crippen molar-refractivity contribution >= 4 is 22.4 Å². The summed E-state index contributed by atoms with van der Waals surface area (Å²) in [4.78, 5) is 19.3. The lowest BCUT2D eigenvalue weighted by Crippen LogP contribution is -3.11. The van der Waals surface area contributed by atoms with Crippen LogP contribution < -0.4 is 10.2 Å². The van der Waals surface area contributed by atoms with Crippen LogP contribution in [0.2, 0.25) is 0 Å². The number of quaternary nitrogens is 1. The summed E-state index contributed by atoms with van der Waals surface area (Å²) in [6, 6.07) is 9.24. The molecule has 1 amide bonds. The molecule has 0 aliphatic carbocycles. The average Bonchev–Trinajstić information content (AvgIpc) is 2.96. The normalized spacial score (nSPS) is 15.8. The number of carbonyl (C=O) groups excluding carboxylic acids is 1. The van der Waals surface area contributed by atoms with E-state index in [1.54, 1.807) is 16.2 Å². The number of rotatable bonds is 4. The van der Waals surface area contributed by atoms with Crippen molar-refractivity contribution in [1.82, 2.24) is 4.98 Å². The quantitative estimate of drug-likeness (QED) is 0.907. The van der Waals surface area contributed by atoms with Crippen LogP contribution in [0.3, 0.4) is 0 Å². The van der Waals surface area contributed by atoms with E-state index in [4.69, 9.17) is 0 Å². The fraction of sp³-hybridized carbons (Fsp3) is 0.375. The number of nitrogens with one attached hydrogen (secondary N) is 2. The lowest BCUT2D eigenvalue weighted by atomic mass is 10.1. The zero-order valence-electron chi connectivity index (χ0n) is 12.0. The second-order valence-corrected chi connectivity index (χ2v) is 6.55. The molecule has 0 bridgehead atoms. The van der Waals surface area contributed by atoms with E-state index in [2.05, 4.69) is 10.3 Å². The van der Waals surface area contributed by atoms with E-state index in [-0.39, 0.29) is 5.91 Å². The number of benzene rings is 1. The van der Waals surface area contributed by atoms with Crippen molar-refractivity contribution in [3.05, 3.63) is 47.0 Å². The van der Waals surface area contributed by atoms with E-state index in [1.807, 2.05) is 36.5 Å². The Morgan fingerprint density at radius 1 is 1.19 bits per heavy atom. The summed E-state index contributed by atoms with van der Waals surface area (Å²) < 4.78 is 0. The Morgan fingerprint density at radius 2 is 1.95 bits per heavy atom. The van der Waals surface area contributed by atoms with Crippen molar-refractivity contribution in [1.29, 1.82) is 0 Å². The number of hydrogen-bond acceptors (Lipinski definition) is 3. The minimum absolute atomic E-state index is 0.0955. The van der Waals surface area contributed by atoms with Crippen LogP contribution in [0.1, 0.15) is 34.5 Å². The number of likely N-dealkylation sites (tertiary alicyclic amines) is 1. The number of thiazole rings is 1. The molecule has 5 heteroatoms. The molecular formula is C16H20N3OS+. The maximum atomic E-state index is 12.1. The van der Waals surface area contributed by atoms with Crippen LogP contribution in [0.5, 0.6) is 0 Å². The smallest absolute Gasteiger partial charge is 0.257 e. The second-order valence-electron chi connectivity index (χ2n) is 5.44. The molecule has 2 N–H and O–H groups in total. The van der Waals surface area contributed by atoms with Crippen LogP contribution >= 0.6 is 11.3 Å². The van der Waals surface area contributed by atoms with Gasteiger partial charge in [0.15, 0.2) is 5.13 Å². The number of piperidine rings is 1. The molecule has 110 valence electrons. The van der Waals surface area contributed by atoms with Crippen LogP contribution in [0, 0.1) is 0 Å². The van der Waals surface area contributed by atoms with Crippen molar-refractivity contribution in [3.63, 3.8) is 0 Å². The van der Waals surface area contributed by atoms with Gasteiger partial charge in [0.25, 0.3) is 5.91 Å². The van der Waals surface area contributed by atoms with E-state index >= 15 is 0 Å². The molecule has 0 saturated carbocycles. The van der Waals surface area contributed by atoms with E-state index in [0.29, 0.717) is 10.7 Å². The summed E-state index contributed by atoms with van der Waals surface area (Å²) in [5, 5.41) is 3.57. The third-order valence-electron chi connectivity index (χ3n) is 3.79. The minimum atomic E-state index is -0.0955. The Morgan fingerprint density at radius 3 is 2.71 bits per heavy atom. The van der Waals surface area contributed by atoms with Crippen LogP contribution in [0.4, 0.5) is 5.13 Å². The fourth-order valence-corrected chi connectivity index (χ4v) is 3.56. The molecule has 3 rings (SSSR count). The molecule has 1 fully saturated rings. The summed E-state index contributed by atoms with van der Waals surface area (Å²) in [6.45, 7) is 3.53. The zero-order valence-corrected chi connectivity index (χ0v) is 12.8. The van der Waals surface area contributed by atoms with Crippen molar-refractivity contribution in [2.45, 2.75) is 25.8 Å². The Bertz CT molecular complexity index is 591. The molecule has 21 heavy (non-hydrogen) atoms. The third kappa shape index (κ3) is 3.89. The highest BCUT2D eigenvalue weighted by Gasteiger charge is 2.16. The fourth-order valence-electron chi connectivity index (χ4n) is 2.68. The Balaban J connectivity index is 1.58. The minimum Gasteiger partial charge on any atom is -0.330 e. The molecule has 1 aromatic heterocycles. The Labute approximate surface area is 128 Å². The van der Waals surface area contributed by atoms with Crippen molar-refractivity contribution < 1.29 is 9.69 Å². The van der Waals surface area contributed by atoms with E-state index < -0.39 is 0 Å². The largest absolute Gasteiger partial charge is 0.330 e. The number of carbonyl (C=O) groups is 1. The highest BCUT2D eigenvalue weighted by atomic mass is 32.1. The van der Waals surface area contributed by atoms with Gasteiger partial charge in [0.2, 0.25) is 0 Å². The summed E-state index contributed by atoms with van der Waals surface area (Å²) in [7, 11) is 0. The molecule has 2 heterocycles. The van der Waals surface area contributed by atoms with Gasteiger partial charge in [0.1, 0.15) is 6.54 Å². The molecule has 0 spiro atoms. The molecular weight excluding hydrogens is 282 g/mol. The molecule has 1 aliphatic rings. The molecule has 4 nitrogen and oxygen atoms in total. The number of nitrogens with zero attached hydrogens (tertiary/aromatic N) is 1. The van der Waals surface area contributed by atoms with Gasteiger partial charge >= 0.3 is 0 Å². The topological polar surface area (TPSA) is 46.4 Å². The van der Waals surface area contributed by atoms with Gasteiger partial charge in [-0.05, 0) is 31.4 Å². The average molecular weight is 302 g/mol. The van der Waals surface area contributed by atoms with Crippen LogP contribution in [0.25, 0.3) is 0 Å². The van der Waals surface area contributed by atoms with Crippen LogP contribution in [-0.4, -0.2) is 24.0 Å². The van der Waals surface area contributed by atoms with Crippen molar-refractivity contribution in [2.75, 3.05) is 18.4 Å². The number of anilines is 1. The first kappa shape index (κ1) is 14.2. The molecule has 1 aliphatic heterocycles. The number of aromatic nitrogens is 1. The lowest BCUT2D eigenvalue weighted by molar-refractivity contribution is -0.918. The van der Waals surface area contributed by atoms with Crippen molar-refractivity contribution in [3.8, 4) is 0 Å². The van der Waals surface area contributed by atoms with Gasteiger partial charge in [-0.2, -0.15) is 0 Å².